The molecule has 2 aromatic heterocycles. The third-order valence-corrected chi connectivity index (χ3v) is 4.74. The van der Waals surface area contributed by atoms with Crippen molar-refractivity contribution in [2.24, 2.45) is 0 Å². The Hall–Kier alpha value is -1.96. The number of imidazole rings is 1. The molecule has 1 aromatic carbocycles. The average Bonchev–Trinajstić information content (AvgIpc) is 2.95. The van der Waals surface area contributed by atoms with E-state index in [1.165, 1.54) is 18.3 Å². The van der Waals surface area contributed by atoms with Gasteiger partial charge in [-0.2, -0.15) is 0 Å². The number of nitrogens with one attached hydrogen (secondary N) is 1. The van der Waals surface area contributed by atoms with Gasteiger partial charge >= 0.3 is 0 Å². The highest BCUT2D eigenvalue weighted by molar-refractivity contribution is 7.84. The summed E-state index contributed by atoms with van der Waals surface area (Å²) in [5, 5.41) is 1.25. The smallest absolute Gasteiger partial charge is 0.147 e. The van der Waals surface area contributed by atoms with Gasteiger partial charge in [0, 0.05) is 24.6 Å². The molecule has 3 N–H and O–H groups in total. The van der Waals surface area contributed by atoms with E-state index in [1.54, 1.807) is 24.5 Å². The lowest BCUT2D eigenvalue weighted by Crippen LogP contribution is -1.93. The van der Waals surface area contributed by atoms with Crippen LogP contribution < -0.4 is 5.73 Å². The average molecular weight is 415 g/mol. The van der Waals surface area contributed by atoms with Crippen molar-refractivity contribution >= 4 is 39.8 Å². The molecular weight excluding hydrogens is 398 g/mol. The van der Waals surface area contributed by atoms with Gasteiger partial charge < -0.3 is 10.7 Å². The molecule has 3 rings (SSSR count). The van der Waals surface area contributed by atoms with Crippen LogP contribution in [-0.4, -0.2) is 25.4 Å². The second kappa shape index (κ2) is 9.12. The fraction of sp³-hybridized carbons (Fsp3) is 0.176. The van der Waals surface area contributed by atoms with Gasteiger partial charge in [-0.25, -0.2) is 14.4 Å². The summed E-state index contributed by atoms with van der Waals surface area (Å²) in [6.45, 7) is 1.82. The van der Waals surface area contributed by atoms with Gasteiger partial charge in [0.1, 0.15) is 22.5 Å². The van der Waals surface area contributed by atoms with Crippen LogP contribution in [0.25, 0.3) is 0 Å². The lowest BCUT2D eigenvalue weighted by molar-refractivity contribution is 0.626. The van der Waals surface area contributed by atoms with E-state index in [2.05, 4.69) is 15.0 Å². The molecule has 1 unspecified atom stereocenters. The Morgan fingerprint density at radius 2 is 2.00 bits per heavy atom. The first-order valence-corrected chi connectivity index (χ1v) is 9.77. The zero-order valence-electron chi connectivity index (χ0n) is 14.1. The Labute approximate surface area is 163 Å². The van der Waals surface area contributed by atoms with Gasteiger partial charge in [0.05, 0.1) is 20.8 Å². The van der Waals surface area contributed by atoms with Gasteiger partial charge in [-0.15, -0.1) is 0 Å². The number of H-pyrrole nitrogens is 1. The van der Waals surface area contributed by atoms with Crippen molar-refractivity contribution in [1.29, 1.82) is 0 Å². The second-order valence-corrected chi connectivity index (χ2v) is 7.53. The highest BCUT2D eigenvalue weighted by atomic mass is 35.5. The molecule has 0 aliphatic rings. The largest absolute Gasteiger partial charge is 0.384 e. The van der Waals surface area contributed by atoms with Gasteiger partial charge in [0.25, 0.3) is 0 Å². The maximum Gasteiger partial charge on any atom is 0.147 e. The molecule has 0 radical (unpaired) electrons. The third-order valence-electron chi connectivity index (χ3n) is 3.27. The molecule has 0 saturated carbocycles. The Bertz CT molecular complexity index is 895. The van der Waals surface area contributed by atoms with E-state index < -0.39 is 16.6 Å². The molecule has 5 nitrogen and oxygen atoms in total. The van der Waals surface area contributed by atoms with E-state index in [4.69, 9.17) is 28.9 Å². The van der Waals surface area contributed by atoms with E-state index in [0.717, 1.165) is 11.3 Å². The molecule has 2 heterocycles. The van der Waals surface area contributed by atoms with Crippen LogP contribution in [0.5, 0.6) is 0 Å². The quantitative estimate of drug-likeness (QED) is 0.673. The summed E-state index contributed by atoms with van der Waals surface area (Å²) in [4.78, 5) is 11.0. The monoisotopic (exact) mass is 414 g/mol. The molecule has 0 fully saturated rings. The Morgan fingerprint density at radius 3 is 2.50 bits per heavy atom. The SMILES string of the molecule is Cc1[nH]c(Cc2ccc(Cl)c(F)c2)nc1S(C)=O.Nc1ccc(Cl)cn1. The predicted octanol–water partition coefficient (Wildman–Crippen LogP) is 4.16. The zero-order valence-corrected chi connectivity index (χ0v) is 16.4. The van der Waals surface area contributed by atoms with Crippen LogP contribution in [0.1, 0.15) is 17.1 Å². The summed E-state index contributed by atoms with van der Waals surface area (Å²) in [5.74, 6) is 0.713. The number of halogens is 3. The molecule has 0 spiro atoms. The first-order chi connectivity index (χ1) is 12.3. The number of pyridine rings is 1. The predicted molar refractivity (Wildman–Crippen MR) is 104 cm³/mol. The number of nitrogens with zero attached hydrogens (tertiary/aromatic N) is 2. The molecule has 26 heavy (non-hydrogen) atoms. The lowest BCUT2D eigenvalue weighted by atomic mass is 10.1. The minimum atomic E-state index is -1.12. The number of anilines is 1. The minimum Gasteiger partial charge on any atom is -0.384 e. The Morgan fingerprint density at radius 1 is 1.27 bits per heavy atom. The van der Waals surface area contributed by atoms with Crippen LogP contribution in [-0.2, 0) is 17.2 Å². The van der Waals surface area contributed by atoms with Crippen LogP contribution >= 0.6 is 23.2 Å². The highest BCUT2D eigenvalue weighted by Gasteiger charge is 2.11. The highest BCUT2D eigenvalue weighted by Crippen LogP contribution is 2.18. The minimum absolute atomic E-state index is 0.102. The molecule has 138 valence electrons. The summed E-state index contributed by atoms with van der Waals surface area (Å²) < 4.78 is 24.7. The number of rotatable bonds is 3. The normalized spacial score (nSPS) is 11.6. The van der Waals surface area contributed by atoms with Crippen molar-refractivity contribution in [3.05, 3.63) is 69.5 Å². The number of hydrogen-bond acceptors (Lipinski definition) is 4. The topological polar surface area (TPSA) is 84.7 Å². The molecule has 0 bridgehead atoms. The molecule has 3 aromatic rings. The maximum atomic E-state index is 13.3. The fourth-order valence-electron chi connectivity index (χ4n) is 2.10. The number of aromatic nitrogens is 3. The molecule has 0 amide bonds. The van der Waals surface area contributed by atoms with E-state index >= 15 is 0 Å². The van der Waals surface area contributed by atoms with Crippen LogP contribution in [0, 0.1) is 12.7 Å². The van der Waals surface area contributed by atoms with Crippen molar-refractivity contribution in [2.75, 3.05) is 12.0 Å². The summed E-state index contributed by atoms with van der Waals surface area (Å²) in [6, 6.07) is 7.99. The van der Waals surface area contributed by atoms with Gasteiger partial charge in [0.15, 0.2) is 0 Å². The van der Waals surface area contributed by atoms with E-state index in [-0.39, 0.29) is 5.02 Å². The number of aromatic amines is 1. The number of nitrogen functional groups attached to an aromatic ring is 1. The van der Waals surface area contributed by atoms with Gasteiger partial charge in [0.2, 0.25) is 0 Å². The molecule has 9 heteroatoms. The van der Waals surface area contributed by atoms with Crippen molar-refractivity contribution in [2.45, 2.75) is 18.4 Å². The van der Waals surface area contributed by atoms with Crippen LogP contribution in [0.2, 0.25) is 10.0 Å². The third kappa shape index (κ3) is 5.79. The maximum absolute atomic E-state index is 13.3. The zero-order chi connectivity index (χ0) is 19.3. The van der Waals surface area contributed by atoms with Gasteiger partial charge in [-0.05, 0) is 36.8 Å². The Balaban J connectivity index is 0.000000254. The van der Waals surface area contributed by atoms with E-state index in [0.29, 0.717) is 28.1 Å². The Kier molecular flexibility index (Phi) is 7.14. The summed E-state index contributed by atoms with van der Waals surface area (Å²) in [7, 11) is -1.12. The van der Waals surface area contributed by atoms with Crippen LogP contribution in [0.4, 0.5) is 10.2 Å². The number of nitrogens with two attached hydrogens (primary N) is 1. The van der Waals surface area contributed by atoms with Gasteiger partial charge in [-0.1, -0.05) is 29.3 Å². The molecule has 0 saturated heterocycles. The molecular formula is C17H17Cl2FN4OS. The summed E-state index contributed by atoms with van der Waals surface area (Å²) in [6.07, 6.45) is 3.54. The lowest BCUT2D eigenvalue weighted by Gasteiger charge is -2.00. The number of benzene rings is 1. The standard InChI is InChI=1S/C12H12ClFN2OS.C5H5ClN2/c1-7-12(18(2)17)16-11(15-7)6-8-3-4-9(13)10(14)5-8;6-4-1-2-5(7)8-3-4/h3-5H,6H2,1-2H3,(H,15,16);1-3H,(H2,7,8). The van der Waals surface area contributed by atoms with Crippen LogP contribution in [0.3, 0.4) is 0 Å². The molecule has 1 atom stereocenters. The van der Waals surface area contributed by atoms with Crippen LogP contribution in [0.15, 0.2) is 41.6 Å². The summed E-state index contributed by atoms with van der Waals surface area (Å²) >= 11 is 11.1. The number of aryl methyl sites for hydroxylation is 1. The van der Waals surface area contributed by atoms with E-state index in [9.17, 15) is 8.60 Å². The van der Waals surface area contributed by atoms with Crippen molar-refractivity contribution in [3.63, 3.8) is 0 Å². The van der Waals surface area contributed by atoms with E-state index in [1.807, 2.05) is 6.92 Å². The van der Waals surface area contributed by atoms with Crippen molar-refractivity contribution < 1.29 is 8.60 Å². The fourth-order valence-corrected chi connectivity index (χ4v) is 3.05. The summed E-state index contributed by atoms with van der Waals surface area (Å²) in [5.41, 5.74) is 6.80. The van der Waals surface area contributed by atoms with Crippen molar-refractivity contribution in [1.82, 2.24) is 15.0 Å². The first-order valence-electron chi connectivity index (χ1n) is 7.46. The first kappa shape index (κ1) is 20.4. The van der Waals surface area contributed by atoms with Crippen molar-refractivity contribution in [3.8, 4) is 0 Å². The second-order valence-electron chi connectivity index (χ2n) is 5.39. The van der Waals surface area contributed by atoms with Gasteiger partial charge in [-0.3, -0.25) is 4.21 Å². The number of hydrogen-bond donors (Lipinski definition) is 2. The molecule has 0 aliphatic carbocycles. The molecule has 0 aliphatic heterocycles.